The van der Waals surface area contributed by atoms with Crippen LogP contribution in [0.5, 0.6) is 0 Å². The number of esters is 1. The Hall–Kier alpha value is -2.88. The van der Waals surface area contributed by atoms with Gasteiger partial charge in [-0.05, 0) is 61.8 Å². The molecule has 3 rings (SSSR count). The smallest absolute Gasteiger partial charge is 0.343 e. The van der Waals surface area contributed by atoms with E-state index in [1.54, 1.807) is 6.92 Å². The topological polar surface area (TPSA) is 73.2 Å². The number of anilines is 1. The first-order valence-electron chi connectivity index (χ1n) is 9.29. The minimum Gasteiger partial charge on any atom is -0.462 e. The fourth-order valence-corrected chi connectivity index (χ4v) is 3.53. The lowest BCUT2D eigenvalue weighted by atomic mass is 10.1. The summed E-state index contributed by atoms with van der Waals surface area (Å²) in [4.78, 5) is 29.4. The number of halogens is 4. The molecule has 10 heteroatoms. The van der Waals surface area contributed by atoms with Gasteiger partial charge in [0.15, 0.2) is 23.3 Å². The Morgan fingerprint density at radius 1 is 1.23 bits per heavy atom. The third-order valence-electron chi connectivity index (χ3n) is 4.19. The van der Waals surface area contributed by atoms with E-state index in [0.717, 1.165) is 12.3 Å². The molecular formula is C21H19BrF3N3O3. The van der Waals surface area contributed by atoms with Crippen LogP contribution in [0.4, 0.5) is 19.0 Å². The molecular weight excluding hydrogens is 479 g/mol. The number of aromatic nitrogens is 2. The quantitative estimate of drug-likeness (QED) is 0.407. The minimum absolute atomic E-state index is 0.00618. The van der Waals surface area contributed by atoms with Crippen molar-refractivity contribution in [3.05, 3.63) is 62.1 Å². The Labute approximate surface area is 184 Å². The maximum absolute atomic E-state index is 14.3. The largest absolute Gasteiger partial charge is 0.462 e. The van der Waals surface area contributed by atoms with Crippen LogP contribution in [0.3, 0.4) is 0 Å². The predicted octanol–water partition coefficient (Wildman–Crippen LogP) is 4.95. The summed E-state index contributed by atoms with van der Waals surface area (Å²) in [5.74, 6) is -4.08. The molecule has 0 bridgehead atoms. The summed E-state index contributed by atoms with van der Waals surface area (Å²) in [6, 6.07) is 3.13. The standard InChI is InChI=1S/C21H19BrF3N3O3/c1-5-31-20(30)11-9-28(14-7-6-12(23)19(26-14)27-21(2,3)4)17-10(18(11)29)8-13(24)16(25)15(17)22/h6-9H,5H2,1-4H3,(H,26,27). The molecule has 31 heavy (non-hydrogen) atoms. The van der Waals surface area contributed by atoms with Crippen LogP contribution in [-0.2, 0) is 4.74 Å². The normalized spacial score (nSPS) is 11.6. The van der Waals surface area contributed by atoms with Gasteiger partial charge in [0, 0.05) is 11.7 Å². The zero-order valence-electron chi connectivity index (χ0n) is 17.1. The van der Waals surface area contributed by atoms with Crippen LogP contribution in [-0.4, -0.2) is 27.7 Å². The molecule has 0 aliphatic carbocycles. The van der Waals surface area contributed by atoms with Crippen molar-refractivity contribution >= 4 is 38.6 Å². The molecule has 0 aliphatic heterocycles. The van der Waals surface area contributed by atoms with E-state index in [1.807, 2.05) is 20.8 Å². The molecule has 0 amide bonds. The molecule has 164 valence electrons. The Morgan fingerprint density at radius 3 is 2.52 bits per heavy atom. The van der Waals surface area contributed by atoms with E-state index in [0.29, 0.717) is 6.07 Å². The van der Waals surface area contributed by atoms with E-state index >= 15 is 0 Å². The zero-order chi connectivity index (χ0) is 23.1. The first kappa shape index (κ1) is 22.8. The van der Waals surface area contributed by atoms with Crippen molar-refractivity contribution in [2.24, 2.45) is 0 Å². The first-order valence-corrected chi connectivity index (χ1v) is 10.1. The molecule has 3 aromatic rings. The summed E-state index contributed by atoms with van der Waals surface area (Å²) in [5.41, 5.74) is -1.83. The van der Waals surface area contributed by atoms with Crippen molar-refractivity contribution in [3.8, 4) is 5.82 Å². The molecule has 1 N–H and O–H groups in total. The maximum atomic E-state index is 14.3. The average molecular weight is 498 g/mol. The number of ether oxygens (including phenoxy) is 1. The van der Waals surface area contributed by atoms with E-state index in [4.69, 9.17) is 4.74 Å². The number of hydrogen-bond donors (Lipinski definition) is 1. The highest BCUT2D eigenvalue weighted by atomic mass is 79.9. The van der Waals surface area contributed by atoms with Crippen LogP contribution in [0.1, 0.15) is 38.1 Å². The number of hydrogen-bond acceptors (Lipinski definition) is 5. The molecule has 0 aliphatic rings. The molecule has 2 aromatic heterocycles. The van der Waals surface area contributed by atoms with Crippen LogP contribution in [0.15, 0.2) is 33.7 Å². The number of fused-ring (bicyclic) bond motifs is 1. The van der Waals surface area contributed by atoms with Gasteiger partial charge < -0.3 is 10.1 Å². The number of rotatable bonds is 4. The molecule has 0 saturated heterocycles. The molecule has 0 saturated carbocycles. The van der Waals surface area contributed by atoms with Crippen LogP contribution in [0, 0.1) is 17.5 Å². The summed E-state index contributed by atoms with van der Waals surface area (Å²) >= 11 is 2.98. The molecule has 0 atom stereocenters. The van der Waals surface area contributed by atoms with Gasteiger partial charge in [-0.2, -0.15) is 0 Å². The van der Waals surface area contributed by atoms with Crippen molar-refractivity contribution in [2.75, 3.05) is 11.9 Å². The monoisotopic (exact) mass is 497 g/mol. The third-order valence-corrected chi connectivity index (χ3v) is 4.92. The predicted molar refractivity (Wildman–Crippen MR) is 114 cm³/mol. The van der Waals surface area contributed by atoms with Gasteiger partial charge in [-0.1, -0.05) is 0 Å². The van der Waals surface area contributed by atoms with Crippen LogP contribution in [0.25, 0.3) is 16.7 Å². The Balaban J connectivity index is 2.40. The fourth-order valence-electron chi connectivity index (χ4n) is 2.94. The van der Waals surface area contributed by atoms with Crippen LogP contribution < -0.4 is 10.7 Å². The lowest BCUT2D eigenvalue weighted by molar-refractivity contribution is 0.0524. The second kappa shape index (κ2) is 8.33. The van der Waals surface area contributed by atoms with Crippen molar-refractivity contribution in [1.82, 2.24) is 9.55 Å². The summed E-state index contributed by atoms with van der Waals surface area (Å²) in [7, 11) is 0. The van der Waals surface area contributed by atoms with Crippen molar-refractivity contribution in [3.63, 3.8) is 0 Å². The highest BCUT2D eigenvalue weighted by molar-refractivity contribution is 9.10. The van der Waals surface area contributed by atoms with Crippen molar-refractivity contribution in [2.45, 2.75) is 33.2 Å². The Morgan fingerprint density at radius 2 is 1.90 bits per heavy atom. The molecule has 2 heterocycles. The summed E-state index contributed by atoms with van der Waals surface area (Å²) in [6.07, 6.45) is 1.12. The number of nitrogens with zero attached hydrogens (tertiary/aromatic N) is 2. The van der Waals surface area contributed by atoms with E-state index < -0.39 is 40.0 Å². The van der Waals surface area contributed by atoms with E-state index in [1.165, 1.54) is 10.6 Å². The highest BCUT2D eigenvalue weighted by Crippen LogP contribution is 2.30. The van der Waals surface area contributed by atoms with Gasteiger partial charge in [0.05, 0.1) is 22.0 Å². The molecule has 0 unspecified atom stereocenters. The van der Waals surface area contributed by atoms with E-state index in [2.05, 4.69) is 26.2 Å². The number of carbonyl (C=O) groups excluding carboxylic acids is 1. The van der Waals surface area contributed by atoms with Gasteiger partial charge in [-0.15, -0.1) is 0 Å². The number of carbonyl (C=O) groups is 1. The summed E-state index contributed by atoms with van der Waals surface area (Å²) < 4.78 is 48.5. The SMILES string of the molecule is CCOC(=O)c1cn(-c2ccc(F)c(NC(C)(C)C)n2)c2c(Br)c(F)c(F)cc2c1=O. The highest BCUT2D eigenvalue weighted by Gasteiger charge is 2.23. The van der Waals surface area contributed by atoms with E-state index in [9.17, 15) is 22.8 Å². The molecule has 1 aromatic carbocycles. The van der Waals surface area contributed by atoms with E-state index in [-0.39, 0.29) is 33.6 Å². The maximum Gasteiger partial charge on any atom is 0.343 e. The second-order valence-corrected chi connectivity index (χ2v) is 8.51. The van der Waals surface area contributed by atoms with Crippen molar-refractivity contribution in [1.29, 1.82) is 0 Å². The molecule has 0 spiro atoms. The number of nitrogens with one attached hydrogen (secondary N) is 1. The summed E-state index contributed by atoms with van der Waals surface area (Å²) in [6.45, 7) is 7.00. The van der Waals surface area contributed by atoms with Gasteiger partial charge in [0.1, 0.15) is 11.4 Å². The van der Waals surface area contributed by atoms with Gasteiger partial charge in [-0.3, -0.25) is 9.36 Å². The molecule has 6 nitrogen and oxygen atoms in total. The first-order chi connectivity index (χ1) is 14.4. The number of pyridine rings is 2. The third kappa shape index (κ3) is 4.43. The zero-order valence-corrected chi connectivity index (χ0v) is 18.7. The van der Waals surface area contributed by atoms with Crippen LogP contribution >= 0.6 is 15.9 Å². The van der Waals surface area contributed by atoms with Gasteiger partial charge >= 0.3 is 5.97 Å². The Bertz CT molecular complexity index is 1250. The average Bonchev–Trinajstić information content (AvgIpc) is 2.68. The Kier molecular flexibility index (Phi) is 6.13. The summed E-state index contributed by atoms with van der Waals surface area (Å²) in [5, 5.41) is 2.64. The fraction of sp³-hybridized carbons (Fsp3) is 0.286. The molecule has 0 radical (unpaired) electrons. The molecule has 0 fully saturated rings. The van der Waals surface area contributed by atoms with Gasteiger partial charge in [0.25, 0.3) is 0 Å². The minimum atomic E-state index is -1.27. The second-order valence-electron chi connectivity index (χ2n) is 7.72. The lowest BCUT2D eigenvalue weighted by Crippen LogP contribution is -2.27. The van der Waals surface area contributed by atoms with Crippen LogP contribution in [0.2, 0.25) is 0 Å². The van der Waals surface area contributed by atoms with Gasteiger partial charge in [-0.25, -0.2) is 22.9 Å². The number of benzene rings is 1. The van der Waals surface area contributed by atoms with Gasteiger partial charge in [0.2, 0.25) is 5.43 Å². The lowest BCUT2D eigenvalue weighted by Gasteiger charge is -2.22. The van der Waals surface area contributed by atoms with Crippen molar-refractivity contribution < 1.29 is 22.7 Å².